The quantitative estimate of drug-likeness (QED) is 0.360. The number of nitrogens with one attached hydrogen (secondary N) is 1. The zero-order valence-corrected chi connectivity index (χ0v) is 22.4. The SMILES string of the molecule is C[C@H](CC[C@@H]1NC1(C)C)[C@H]1CC[C@]2(C)[C@@H]3CC=C4C(C)(C)[C@@H](O)CC[C@]4(C)[C@H]3CC[C@]12C. The number of allylic oxidation sites excluding steroid dienone is 1. The molecular formula is C30H51NO. The Morgan fingerprint density at radius 3 is 2.25 bits per heavy atom. The average Bonchev–Trinajstić information content (AvgIpc) is 3.22. The molecule has 0 aromatic carbocycles. The summed E-state index contributed by atoms with van der Waals surface area (Å²) < 4.78 is 0. The molecule has 2 N–H and O–H groups in total. The molecule has 32 heavy (non-hydrogen) atoms. The molecule has 0 radical (unpaired) electrons. The van der Waals surface area contributed by atoms with Crippen molar-refractivity contribution in [1.29, 1.82) is 0 Å². The van der Waals surface area contributed by atoms with Crippen LogP contribution in [0.3, 0.4) is 0 Å². The Hall–Kier alpha value is -0.340. The monoisotopic (exact) mass is 441 g/mol. The molecule has 2 nitrogen and oxygen atoms in total. The Morgan fingerprint density at radius 1 is 0.938 bits per heavy atom. The molecule has 1 saturated heterocycles. The lowest BCUT2D eigenvalue weighted by Crippen LogP contribution is -2.58. The maximum atomic E-state index is 10.8. The van der Waals surface area contributed by atoms with Crippen LogP contribution < -0.4 is 5.32 Å². The van der Waals surface area contributed by atoms with Crippen molar-refractivity contribution >= 4 is 0 Å². The van der Waals surface area contributed by atoms with Gasteiger partial charge in [-0.15, -0.1) is 0 Å². The highest BCUT2D eigenvalue weighted by Gasteiger charge is 2.66. The predicted octanol–water partition coefficient (Wildman–Crippen LogP) is 7.12. The topological polar surface area (TPSA) is 42.2 Å². The number of hydrogen-bond acceptors (Lipinski definition) is 2. The van der Waals surface area contributed by atoms with Crippen LogP contribution in [-0.4, -0.2) is 22.8 Å². The third-order valence-electron chi connectivity index (χ3n) is 12.8. The molecule has 3 saturated carbocycles. The minimum absolute atomic E-state index is 0.0586. The minimum Gasteiger partial charge on any atom is -0.392 e. The van der Waals surface area contributed by atoms with E-state index in [1.54, 1.807) is 5.57 Å². The summed E-state index contributed by atoms with van der Waals surface area (Å²) in [5.41, 5.74) is 3.18. The van der Waals surface area contributed by atoms with Crippen LogP contribution in [0.15, 0.2) is 11.6 Å². The van der Waals surface area contributed by atoms with Crippen LogP contribution in [-0.2, 0) is 0 Å². The average molecular weight is 442 g/mol. The van der Waals surface area contributed by atoms with Gasteiger partial charge >= 0.3 is 0 Å². The van der Waals surface area contributed by atoms with E-state index in [0.717, 1.165) is 36.1 Å². The van der Waals surface area contributed by atoms with E-state index in [9.17, 15) is 5.11 Å². The number of hydrogen-bond donors (Lipinski definition) is 2. The molecule has 0 aromatic rings. The summed E-state index contributed by atoms with van der Waals surface area (Å²) in [6.45, 7) is 19.9. The molecule has 5 aliphatic rings. The summed E-state index contributed by atoms with van der Waals surface area (Å²) in [6, 6.07) is 0.744. The Bertz CT molecular complexity index is 797. The van der Waals surface area contributed by atoms with E-state index in [2.05, 4.69) is 66.8 Å². The van der Waals surface area contributed by atoms with E-state index in [0.29, 0.717) is 21.8 Å². The second-order valence-corrected chi connectivity index (χ2v) is 14.8. The summed E-state index contributed by atoms with van der Waals surface area (Å²) in [5, 5.41) is 14.5. The van der Waals surface area contributed by atoms with E-state index < -0.39 is 0 Å². The van der Waals surface area contributed by atoms with E-state index in [1.165, 1.54) is 51.4 Å². The lowest BCUT2D eigenvalue weighted by Gasteiger charge is -2.64. The van der Waals surface area contributed by atoms with E-state index in [4.69, 9.17) is 0 Å². The Balaban J connectivity index is 1.39. The van der Waals surface area contributed by atoms with Crippen molar-refractivity contribution in [3.05, 3.63) is 11.6 Å². The van der Waals surface area contributed by atoms with Crippen LogP contribution in [0.25, 0.3) is 0 Å². The van der Waals surface area contributed by atoms with Gasteiger partial charge in [0.25, 0.3) is 0 Å². The first-order valence-electron chi connectivity index (χ1n) is 13.9. The van der Waals surface area contributed by atoms with Crippen molar-refractivity contribution in [2.45, 2.75) is 131 Å². The molecule has 1 aliphatic heterocycles. The smallest absolute Gasteiger partial charge is 0.0628 e. The van der Waals surface area contributed by atoms with Crippen molar-refractivity contribution in [2.75, 3.05) is 0 Å². The summed E-state index contributed by atoms with van der Waals surface area (Å²) in [7, 11) is 0. The summed E-state index contributed by atoms with van der Waals surface area (Å²) in [6.07, 6.45) is 14.3. The fourth-order valence-electron chi connectivity index (χ4n) is 10.2. The molecule has 0 amide bonds. The van der Waals surface area contributed by atoms with Crippen molar-refractivity contribution in [2.24, 2.45) is 45.3 Å². The normalized spacial score (nSPS) is 51.8. The lowest BCUT2D eigenvalue weighted by molar-refractivity contribution is -0.124. The van der Waals surface area contributed by atoms with Gasteiger partial charge in [0.2, 0.25) is 0 Å². The van der Waals surface area contributed by atoms with E-state index >= 15 is 0 Å². The highest BCUT2D eigenvalue weighted by Crippen LogP contribution is 2.73. The van der Waals surface area contributed by atoms with E-state index in [1.807, 2.05) is 0 Å². The van der Waals surface area contributed by atoms with Gasteiger partial charge in [0, 0.05) is 17.0 Å². The number of aliphatic hydroxyl groups is 1. The second kappa shape index (κ2) is 7.09. The lowest BCUT2D eigenvalue weighted by atomic mass is 9.40. The van der Waals surface area contributed by atoms with Crippen LogP contribution in [0, 0.1) is 45.3 Å². The standard InChI is InChI=1S/C30H51NO/c1-19(9-12-24-27(4,5)31-24)20-13-17-30(8)22-10-11-23-26(2,3)25(32)15-16-28(23,6)21(22)14-18-29(20,30)7/h11,19-22,24-25,31-32H,9-10,12-18H2,1-8H3/t19-,20-,21+,22-,24+,25+,28-,29-,30-/m1/s1. The van der Waals surface area contributed by atoms with Crippen LogP contribution in [0.1, 0.15) is 113 Å². The Morgan fingerprint density at radius 2 is 1.59 bits per heavy atom. The van der Waals surface area contributed by atoms with Crippen LogP contribution in [0.2, 0.25) is 0 Å². The van der Waals surface area contributed by atoms with Gasteiger partial charge in [-0.05, 0) is 112 Å². The first-order chi connectivity index (χ1) is 14.8. The second-order valence-electron chi connectivity index (χ2n) is 14.8. The largest absolute Gasteiger partial charge is 0.392 e. The molecule has 2 heteroatoms. The van der Waals surface area contributed by atoms with Gasteiger partial charge < -0.3 is 10.4 Å². The number of rotatable bonds is 4. The molecule has 1 heterocycles. The fourth-order valence-corrected chi connectivity index (χ4v) is 10.2. The predicted molar refractivity (Wildman–Crippen MR) is 134 cm³/mol. The van der Waals surface area contributed by atoms with Gasteiger partial charge in [0.05, 0.1) is 6.10 Å². The zero-order valence-electron chi connectivity index (χ0n) is 22.4. The van der Waals surface area contributed by atoms with Crippen molar-refractivity contribution in [1.82, 2.24) is 5.32 Å². The Kier molecular flexibility index (Phi) is 5.19. The van der Waals surface area contributed by atoms with E-state index in [-0.39, 0.29) is 11.5 Å². The molecule has 0 unspecified atom stereocenters. The van der Waals surface area contributed by atoms with Crippen molar-refractivity contribution in [3.63, 3.8) is 0 Å². The van der Waals surface area contributed by atoms with Gasteiger partial charge in [-0.3, -0.25) is 0 Å². The van der Waals surface area contributed by atoms with Gasteiger partial charge in [-0.2, -0.15) is 0 Å². The first-order valence-corrected chi connectivity index (χ1v) is 13.9. The molecule has 182 valence electrons. The third-order valence-corrected chi connectivity index (χ3v) is 12.8. The van der Waals surface area contributed by atoms with Crippen LogP contribution in [0.4, 0.5) is 0 Å². The molecule has 0 spiro atoms. The molecule has 9 atom stereocenters. The highest BCUT2D eigenvalue weighted by atomic mass is 16.3. The van der Waals surface area contributed by atoms with Crippen LogP contribution >= 0.6 is 0 Å². The summed E-state index contributed by atoms with van der Waals surface area (Å²) in [5.74, 6) is 3.35. The maximum Gasteiger partial charge on any atom is 0.0628 e. The molecular weight excluding hydrogens is 390 g/mol. The van der Waals surface area contributed by atoms with Gasteiger partial charge in [-0.1, -0.05) is 53.2 Å². The van der Waals surface area contributed by atoms with Gasteiger partial charge in [0.15, 0.2) is 0 Å². The third kappa shape index (κ3) is 3.03. The zero-order chi connectivity index (χ0) is 23.3. The summed E-state index contributed by atoms with van der Waals surface area (Å²) >= 11 is 0. The number of fused-ring (bicyclic) bond motifs is 5. The molecule has 0 bridgehead atoms. The van der Waals surface area contributed by atoms with Gasteiger partial charge in [-0.25, -0.2) is 0 Å². The minimum atomic E-state index is -0.175. The van der Waals surface area contributed by atoms with Crippen molar-refractivity contribution in [3.8, 4) is 0 Å². The number of aliphatic hydroxyl groups excluding tert-OH is 1. The fraction of sp³-hybridized carbons (Fsp3) is 0.933. The van der Waals surface area contributed by atoms with Crippen LogP contribution in [0.5, 0.6) is 0 Å². The van der Waals surface area contributed by atoms with Gasteiger partial charge in [0.1, 0.15) is 0 Å². The highest BCUT2D eigenvalue weighted by molar-refractivity contribution is 5.32. The molecule has 4 fully saturated rings. The molecule has 5 rings (SSSR count). The van der Waals surface area contributed by atoms with Crippen molar-refractivity contribution < 1.29 is 5.11 Å². The molecule has 0 aromatic heterocycles. The first kappa shape index (κ1) is 23.4. The summed E-state index contributed by atoms with van der Waals surface area (Å²) in [4.78, 5) is 0. The maximum absolute atomic E-state index is 10.8. The Labute approximate surface area is 198 Å². The molecule has 4 aliphatic carbocycles.